The van der Waals surface area contributed by atoms with Crippen molar-refractivity contribution in [1.82, 2.24) is 0 Å². The molecule has 1 aliphatic rings. The molecule has 1 saturated carbocycles. The molecule has 0 saturated heterocycles. The molecule has 8 heavy (non-hydrogen) atoms. The highest BCUT2D eigenvalue weighted by atomic mass is 35.5. The number of alkyl halides is 2. The van der Waals surface area contributed by atoms with Gasteiger partial charge < -0.3 is 0 Å². The summed E-state index contributed by atoms with van der Waals surface area (Å²) in [4.78, 5) is -0.00752. The fraction of sp³-hybridized carbons (Fsp3) is 1.00. The van der Waals surface area contributed by atoms with Crippen LogP contribution in [0.15, 0.2) is 0 Å². The predicted octanol–water partition coefficient (Wildman–Crippen LogP) is 2.63. The first-order chi connectivity index (χ1) is 3.54. The topological polar surface area (TPSA) is 0 Å². The molecule has 48 valence electrons. The Morgan fingerprint density at radius 1 is 1.62 bits per heavy atom. The average molecular weight is 153 g/mol. The highest BCUT2D eigenvalue weighted by Gasteiger charge is 2.45. The molecule has 1 fully saturated rings. The van der Waals surface area contributed by atoms with Gasteiger partial charge in [0.15, 0.2) is 0 Å². The van der Waals surface area contributed by atoms with Gasteiger partial charge in [0, 0.05) is 10.3 Å². The van der Waals surface area contributed by atoms with Gasteiger partial charge in [-0.2, -0.15) is 0 Å². The zero-order valence-corrected chi connectivity index (χ0v) is 6.63. The maximum atomic E-state index is 5.97. The number of rotatable bonds is 0. The quantitative estimate of drug-likeness (QED) is 0.469. The molecule has 2 heteroatoms. The van der Waals surface area contributed by atoms with E-state index in [4.69, 9.17) is 23.2 Å². The van der Waals surface area contributed by atoms with Crippen LogP contribution in [-0.4, -0.2) is 10.3 Å². The Balaban J connectivity index is 2.47. The van der Waals surface area contributed by atoms with Crippen LogP contribution < -0.4 is 0 Å². The molecule has 0 N–H and O–H groups in total. The molecule has 3 atom stereocenters. The summed E-state index contributed by atoms with van der Waals surface area (Å²) in [6, 6.07) is 0. The Bertz CT molecular complexity index is 98.7. The number of halogens is 2. The molecule has 0 aromatic heterocycles. The summed E-state index contributed by atoms with van der Waals surface area (Å²) < 4.78 is 0. The molecule has 0 spiro atoms. The van der Waals surface area contributed by atoms with Gasteiger partial charge in [0.1, 0.15) is 0 Å². The van der Waals surface area contributed by atoms with Gasteiger partial charge in [0.05, 0.1) is 0 Å². The summed E-state index contributed by atoms with van der Waals surface area (Å²) in [6.07, 6.45) is 0.956. The maximum absolute atomic E-state index is 5.97. The standard InChI is InChI=1S/C6H10Cl2/c1-4-5(7)3-6(4,2)8/h4-5H,3H2,1-2H3/t4-,5-,6+/m0/s1. The third kappa shape index (κ3) is 0.844. The molecule has 0 nitrogen and oxygen atoms in total. The van der Waals surface area contributed by atoms with Crippen LogP contribution in [-0.2, 0) is 0 Å². The van der Waals surface area contributed by atoms with Crippen molar-refractivity contribution in [1.29, 1.82) is 0 Å². The minimum Gasteiger partial charge on any atom is -0.123 e. The largest absolute Gasteiger partial charge is 0.123 e. The van der Waals surface area contributed by atoms with Crippen LogP contribution >= 0.6 is 23.2 Å². The van der Waals surface area contributed by atoms with Crippen LogP contribution in [0.25, 0.3) is 0 Å². The zero-order valence-electron chi connectivity index (χ0n) is 5.12. The van der Waals surface area contributed by atoms with E-state index in [-0.39, 0.29) is 4.87 Å². The van der Waals surface area contributed by atoms with Gasteiger partial charge in [-0.05, 0) is 19.3 Å². The average Bonchev–Trinajstić information content (AvgIpc) is 1.65. The lowest BCUT2D eigenvalue weighted by atomic mass is 9.75. The fourth-order valence-corrected chi connectivity index (χ4v) is 2.02. The molecule has 0 aliphatic heterocycles. The summed E-state index contributed by atoms with van der Waals surface area (Å²) in [6.45, 7) is 4.13. The van der Waals surface area contributed by atoms with Gasteiger partial charge in [0.25, 0.3) is 0 Å². The van der Waals surface area contributed by atoms with E-state index in [1.807, 2.05) is 6.92 Å². The number of hydrogen-bond acceptors (Lipinski definition) is 0. The SMILES string of the molecule is C[C@H]1[C@@H](Cl)C[C@@]1(C)Cl. The van der Waals surface area contributed by atoms with Gasteiger partial charge in [-0.3, -0.25) is 0 Å². The van der Waals surface area contributed by atoms with Crippen molar-refractivity contribution in [3.8, 4) is 0 Å². The van der Waals surface area contributed by atoms with Crippen molar-refractivity contribution in [2.45, 2.75) is 30.5 Å². The summed E-state index contributed by atoms with van der Waals surface area (Å²) in [5.41, 5.74) is 0. The summed E-state index contributed by atoms with van der Waals surface area (Å²) in [5, 5.41) is 0.317. The van der Waals surface area contributed by atoms with Crippen LogP contribution in [0.4, 0.5) is 0 Å². The molecule has 0 amide bonds. The lowest BCUT2D eigenvalue weighted by Crippen LogP contribution is -2.46. The van der Waals surface area contributed by atoms with Crippen molar-refractivity contribution < 1.29 is 0 Å². The molecular weight excluding hydrogens is 143 g/mol. The highest BCUT2D eigenvalue weighted by Crippen LogP contribution is 2.46. The lowest BCUT2D eigenvalue weighted by molar-refractivity contribution is 0.260. The molecular formula is C6H10Cl2. The second-order valence-electron chi connectivity index (χ2n) is 2.79. The number of hydrogen-bond donors (Lipinski definition) is 0. The van der Waals surface area contributed by atoms with E-state index in [1.165, 1.54) is 0 Å². The summed E-state index contributed by atoms with van der Waals surface area (Å²) in [7, 11) is 0. The van der Waals surface area contributed by atoms with Crippen molar-refractivity contribution in [3.63, 3.8) is 0 Å². The van der Waals surface area contributed by atoms with Crippen molar-refractivity contribution in [2.24, 2.45) is 5.92 Å². The predicted molar refractivity (Wildman–Crippen MR) is 37.7 cm³/mol. The smallest absolute Gasteiger partial charge is 0.0472 e. The van der Waals surface area contributed by atoms with Crippen molar-refractivity contribution in [2.75, 3.05) is 0 Å². The molecule has 0 bridgehead atoms. The van der Waals surface area contributed by atoms with Gasteiger partial charge in [-0.1, -0.05) is 6.92 Å². The Morgan fingerprint density at radius 3 is 2.12 bits per heavy atom. The zero-order chi connectivity index (χ0) is 6.36. The third-order valence-electron chi connectivity index (χ3n) is 2.09. The van der Waals surface area contributed by atoms with Gasteiger partial charge in [-0.15, -0.1) is 23.2 Å². The Morgan fingerprint density at radius 2 is 2.12 bits per heavy atom. The monoisotopic (exact) mass is 152 g/mol. The van der Waals surface area contributed by atoms with Crippen LogP contribution in [0.5, 0.6) is 0 Å². The molecule has 0 radical (unpaired) electrons. The Kier molecular flexibility index (Phi) is 1.49. The van der Waals surface area contributed by atoms with E-state index in [0.717, 1.165) is 6.42 Å². The first-order valence-electron chi connectivity index (χ1n) is 2.87. The van der Waals surface area contributed by atoms with Gasteiger partial charge in [-0.25, -0.2) is 0 Å². The maximum Gasteiger partial charge on any atom is 0.0472 e. The molecule has 0 heterocycles. The van der Waals surface area contributed by atoms with E-state index in [1.54, 1.807) is 0 Å². The van der Waals surface area contributed by atoms with E-state index in [2.05, 4.69) is 6.92 Å². The highest BCUT2D eigenvalue weighted by molar-refractivity contribution is 6.29. The van der Waals surface area contributed by atoms with Gasteiger partial charge >= 0.3 is 0 Å². The first kappa shape index (κ1) is 6.70. The van der Waals surface area contributed by atoms with E-state index in [0.29, 0.717) is 11.3 Å². The summed E-state index contributed by atoms with van der Waals surface area (Å²) in [5.74, 6) is 0.478. The van der Waals surface area contributed by atoms with Crippen molar-refractivity contribution >= 4 is 23.2 Å². The van der Waals surface area contributed by atoms with E-state index < -0.39 is 0 Å². The molecule has 0 aromatic carbocycles. The Labute approximate surface area is 60.2 Å². The molecule has 0 aromatic rings. The fourth-order valence-electron chi connectivity index (χ4n) is 0.961. The molecule has 1 aliphatic carbocycles. The lowest BCUT2D eigenvalue weighted by Gasteiger charge is -2.44. The molecule has 0 unspecified atom stereocenters. The van der Waals surface area contributed by atoms with Crippen LogP contribution in [0.1, 0.15) is 20.3 Å². The first-order valence-corrected chi connectivity index (χ1v) is 3.68. The summed E-state index contributed by atoms with van der Waals surface area (Å²) >= 11 is 11.8. The minimum atomic E-state index is -0.00752. The van der Waals surface area contributed by atoms with Crippen LogP contribution in [0.3, 0.4) is 0 Å². The second-order valence-corrected chi connectivity index (χ2v) is 4.21. The third-order valence-corrected chi connectivity index (χ3v) is 3.12. The minimum absolute atomic E-state index is 0.00752. The van der Waals surface area contributed by atoms with Gasteiger partial charge in [0.2, 0.25) is 0 Å². The van der Waals surface area contributed by atoms with E-state index in [9.17, 15) is 0 Å². The van der Waals surface area contributed by atoms with Crippen LogP contribution in [0.2, 0.25) is 0 Å². The van der Waals surface area contributed by atoms with Crippen LogP contribution in [0, 0.1) is 5.92 Å². The van der Waals surface area contributed by atoms with Crippen molar-refractivity contribution in [3.05, 3.63) is 0 Å². The normalized spacial score (nSPS) is 55.5. The molecule has 1 rings (SSSR count). The second kappa shape index (κ2) is 1.78. The van der Waals surface area contributed by atoms with E-state index >= 15 is 0 Å². The Hall–Kier alpha value is 0.580.